The molecule has 1 unspecified atom stereocenters. The summed E-state index contributed by atoms with van der Waals surface area (Å²) in [5.74, 6) is -1.42. The molecule has 1 heterocycles. The Morgan fingerprint density at radius 1 is 1.39 bits per heavy atom. The molecule has 1 aliphatic rings. The smallest absolute Gasteiger partial charge is 0.387 e. The van der Waals surface area contributed by atoms with Crippen LogP contribution in [0.1, 0.15) is 12.8 Å². The van der Waals surface area contributed by atoms with Gasteiger partial charge in [-0.1, -0.05) is 0 Å². The van der Waals surface area contributed by atoms with E-state index in [0.29, 0.717) is 18.4 Å². The molecule has 1 aliphatic heterocycles. The molecule has 0 radical (unpaired) electrons. The fourth-order valence-electron chi connectivity index (χ4n) is 2.28. The van der Waals surface area contributed by atoms with Crippen molar-refractivity contribution < 1.29 is 26.3 Å². The largest absolute Gasteiger partial charge is 0.432 e. The molecular formula is C13H18ClF3N2O3S. The lowest BCUT2D eigenvalue weighted by atomic mass is 10.1. The highest BCUT2D eigenvalue weighted by molar-refractivity contribution is 7.89. The number of ether oxygens (including phenoxy) is 1. The van der Waals surface area contributed by atoms with E-state index in [4.69, 9.17) is 0 Å². The molecule has 1 aromatic rings. The van der Waals surface area contributed by atoms with Crippen molar-refractivity contribution in [3.8, 4) is 5.75 Å². The summed E-state index contributed by atoms with van der Waals surface area (Å²) in [7, 11) is -3.87. The lowest BCUT2D eigenvalue weighted by Gasteiger charge is -2.11. The van der Waals surface area contributed by atoms with E-state index in [9.17, 15) is 21.6 Å². The number of halogens is 4. The van der Waals surface area contributed by atoms with Gasteiger partial charge in [-0.3, -0.25) is 0 Å². The van der Waals surface area contributed by atoms with Gasteiger partial charge in [0, 0.05) is 6.54 Å². The molecule has 132 valence electrons. The maximum atomic E-state index is 13.5. The number of sulfonamides is 1. The Hall–Kier alpha value is -1.03. The third-order valence-electron chi connectivity index (χ3n) is 3.44. The minimum Gasteiger partial charge on any atom is -0.432 e. The van der Waals surface area contributed by atoms with Gasteiger partial charge in [-0.2, -0.15) is 8.78 Å². The predicted molar refractivity (Wildman–Crippen MR) is 81.1 cm³/mol. The average molecular weight is 375 g/mol. The highest BCUT2D eigenvalue weighted by Gasteiger charge is 2.19. The molecule has 0 aromatic heterocycles. The van der Waals surface area contributed by atoms with Crippen LogP contribution in [0.15, 0.2) is 23.1 Å². The first-order valence-corrected chi connectivity index (χ1v) is 8.31. The quantitative estimate of drug-likeness (QED) is 0.767. The van der Waals surface area contributed by atoms with Crippen molar-refractivity contribution >= 4 is 22.4 Å². The van der Waals surface area contributed by atoms with Gasteiger partial charge in [-0.25, -0.2) is 17.5 Å². The van der Waals surface area contributed by atoms with Gasteiger partial charge < -0.3 is 10.1 Å². The van der Waals surface area contributed by atoms with E-state index in [0.717, 1.165) is 31.6 Å². The number of hydrogen-bond acceptors (Lipinski definition) is 4. The van der Waals surface area contributed by atoms with Crippen LogP contribution in [0.25, 0.3) is 0 Å². The first-order chi connectivity index (χ1) is 10.4. The van der Waals surface area contributed by atoms with Gasteiger partial charge in [0.05, 0.1) is 4.90 Å². The Morgan fingerprint density at radius 2 is 2.13 bits per heavy atom. The van der Waals surface area contributed by atoms with Crippen molar-refractivity contribution in [1.29, 1.82) is 0 Å². The molecule has 5 nitrogen and oxygen atoms in total. The number of benzene rings is 1. The van der Waals surface area contributed by atoms with Crippen molar-refractivity contribution in [2.75, 3.05) is 19.6 Å². The number of hydrogen-bond donors (Lipinski definition) is 2. The monoisotopic (exact) mass is 374 g/mol. The Balaban J connectivity index is 0.00000264. The van der Waals surface area contributed by atoms with E-state index in [2.05, 4.69) is 14.8 Å². The van der Waals surface area contributed by atoms with E-state index < -0.39 is 28.2 Å². The third kappa shape index (κ3) is 5.83. The minimum atomic E-state index is -3.87. The van der Waals surface area contributed by atoms with Crippen molar-refractivity contribution in [3.63, 3.8) is 0 Å². The van der Waals surface area contributed by atoms with Gasteiger partial charge in [0.2, 0.25) is 10.0 Å². The molecule has 10 heteroatoms. The predicted octanol–water partition coefficient (Wildman–Crippen LogP) is 2.13. The second kappa shape index (κ2) is 8.72. The lowest BCUT2D eigenvalue weighted by molar-refractivity contribution is -0.0522. The number of nitrogens with one attached hydrogen (secondary N) is 2. The van der Waals surface area contributed by atoms with Crippen molar-refractivity contribution in [2.24, 2.45) is 5.92 Å². The molecule has 0 saturated carbocycles. The van der Waals surface area contributed by atoms with Gasteiger partial charge in [-0.15, -0.1) is 12.4 Å². The van der Waals surface area contributed by atoms with Gasteiger partial charge in [-0.05, 0) is 50.0 Å². The SMILES string of the molecule is Cl.O=S(=O)(NCCC1CCNC1)c1ccc(OC(F)F)c(F)c1. The Bertz CT molecular complexity index is 610. The Morgan fingerprint density at radius 3 is 2.70 bits per heavy atom. The summed E-state index contributed by atoms with van der Waals surface area (Å²) < 4.78 is 67.9. The van der Waals surface area contributed by atoms with Crippen molar-refractivity contribution in [1.82, 2.24) is 10.0 Å². The maximum Gasteiger partial charge on any atom is 0.387 e. The zero-order valence-electron chi connectivity index (χ0n) is 12.1. The summed E-state index contributed by atoms with van der Waals surface area (Å²) in [4.78, 5) is -0.323. The van der Waals surface area contributed by atoms with Crippen molar-refractivity contribution in [2.45, 2.75) is 24.3 Å². The maximum absolute atomic E-state index is 13.5. The summed E-state index contributed by atoms with van der Waals surface area (Å²) >= 11 is 0. The van der Waals surface area contributed by atoms with Crippen LogP contribution in [-0.4, -0.2) is 34.7 Å². The molecule has 1 atom stereocenters. The standard InChI is InChI=1S/C13H17F3N2O3S.ClH/c14-11-7-10(1-2-12(11)21-13(15)16)22(19,20)18-6-4-9-3-5-17-8-9;/h1-2,7,9,13,17-18H,3-6,8H2;1H. The molecule has 1 fully saturated rings. The summed E-state index contributed by atoms with van der Waals surface area (Å²) in [6.45, 7) is -1.15. The molecule has 0 spiro atoms. The van der Waals surface area contributed by atoms with Gasteiger partial charge in [0.15, 0.2) is 11.6 Å². The number of alkyl halides is 2. The van der Waals surface area contributed by atoms with E-state index in [1.54, 1.807) is 0 Å². The second-order valence-corrected chi connectivity index (χ2v) is 6.78. The minimum absolute atomic E-state index is 0. The van der Waals surface area contributed by atoms with Crippen LogP contribution in [0.3, 0.4) is 0 Å². The normalized spacial score (nSPS) is 18.0. The van der Waals surface area contributed by atoms with Crippen LogP contribution in [0.2, 0.25) is 0 Å². The first kappa shape index (κ1) is 20.0. The summed E-state index contributed by atoms with van der Waals surface area (Å²) in [5.41, 5.74) is 0. The summed E-state index contributed by atoms with van der Waals surface area (Å²) in [6, 6.07) is 2.56. The van der Waals surface area contributed by atoms with Crippen LogP contribution < -0.4 is 14.8 Å². The van der Waals surface area contributed by atoms with E-state index >= 15 is 0 Å². The van der Waals surface area contributed by atoms with Crippen molar-refractivity contribution in [3.05, 3.63) is 24.0 Å². The van der Waals surface area contributed by atoms with Crippen LogP contribution >= 0.6 is 12.4 Å². The molecule has 0 bridgehead atoms. The van der Waals surface area contributed by atoms with Gasteiger partial charge in [0.25, 0.3) is 0 Å². The van der Waals surface area contributed by atoms with Gasteiger partial charge >= 0.3 is 6.61 Å². The zero-order valence-corrected chi connectivity index (χ0v) is 13.7. The molecule has 0 amide bonds. The molecular weight excluding hydrogens is 357 g/mol. The Labute approximate surface area is 139 Å². The van der Waals surface area contributed by atoms with Gasteiger partial charge in [0.1, 0.15) is 0 Å². The van der Waals surface area contributed by atoms with Crippen LogP contribution in [0, 0.1) is 11.7 Å². The van der Waals surface area contributed by atoms with Crippen LogP contribution in [0.4, 0.5) is 13.2 Å². The fourth-order valence-corrected chi connectivity index (χ4v) is 3.34. The fraction of sp³-hybridized carbons (Fsp3) is 0.538. The summed E-state index contributed by atoms with van der Waals surface area (Å²) in [6.07, 6.45) is 1.68. The first-order valence-electron chi connectivity index (χ1n) is 6.83. The molecule has 23 heavy (non-hydrogen) atoms. The lowest BCUT2D eigenvalue weighted by Crippen LogP contribution is -2.26. The topological polar surface area (TPSA) is 67.4 Å². The molecule has 1 saturated heterocycles. The average Bonchev–Trinajstić information content (AvgIpc) is 2.93. The second-order valence-electron chi connectivity index (χ2n) is 5.02. The molecule has 2 rings (SSSR count). The highest BCUT2D eigenvalue weighted by atomic mass is 35.5. The molecule has 1 aromatic carbocycles. The van der Waals surface area contributed by atoms with Crippen LogP contribution in [-0.2, 0) is 10.0 Å². The van der Waals surface area contributed by atoms with E-state index in [1.165, 1.54) is 0 Å². The molecule has 0 aliphatic carbocycles. The summed E-state index contributed by atoms with van der Waals surface area (Å²) in [5, 5.41) is 3.18. The Kier molecular flexibility index (Phi) is 7.59. The highest BCUT2D eigenvalue weighted by Crippen LogP contribution is 2.22. The van der Waals surface area contributed by atoms with Crippen LogP contribution in [0.5, 0.6) is 5.75 Å². The zero-order chi connectivity index (χ0) is 16.2. The number of rotatable bonds is 7. The van der Waals surface area contributed by atoms with E-state index in [-0.39, 0.29) is 23.8 Å². The van der Waals surface area contributed by atoms with E-state index in [1.807, 2.05) is 0 Å². The molecule has 2 N–H and O–H groups in total. The third-order valence-corrected chi connectivity index (χ3v) is 4.90.